The fourth-order valence-electron chi connectivity index (χ4n) is 1.88. The molecule has 1 N–H and O–H groups in total. The zero-order valence-electron chi connectivity index (χ0n) is 12.6. The highest BCUT2D eigenvalue weighted by Crippen LogP contribution is 2.24. The van der Waals surface area contributed by atoms with Crippen molar-refractivity contribution in [1.29, 1.82) is 0 Å². The Morgan fingerprint density at radius 3 is 2.63 bits per heavy atom. The van der Waals surface area contributed by atoms with E-state index in [1.54, 1.807) is 7.11 Å². The van der Waals surface area contributed by atoms with E-state index in [4.69, 9.17) is 17.0 Å². The lowest BCUT2D eigenvalue weighted by atomic mass is 10.1. The van der Waals surface area contributed by atoms with Gasteiger partial charge in [-0.25, -0.2) is 0 Å². The maximum absolute atomic E-state index is 5.42. The molecule has 4 nitrogen and oxygen atoms in total. The zero-order chi connectivity index (χ0) is 14.6. The summed E-state index contributed by atoms with van der Waals surface area (Å²) >= 11 is 5.34. The highest BCUT2D eigenvalue weighted by molar-refractivity contribution is 7.80. The lowest BCUT2D eigenvalue weighted by Crippen LogP contribution is -2.40. The van der Waals surface area contributed by atoms with Crippen LogP contribution in [-0.2, 0) is 6.54 Å². The third kappa shape index (κ3) is 4.06. The van der Waals surface area contributed by atoms with Gasteiger partial charge in [-0.2, -0.15) is 0 Å². The average molecular weight is 281 g/mol. The van der Waals surface area contributed by atoms with Crippen molar-refractivity contribution in [2.75, 3.05) is 14.2 Å². The van der Waals surface area contributed by atoms with Crippen molar-refractivity contribution < 1.29 is 4.74 Å². The molecule has 0 atom stereocenters. The van der Waals surface area contributed by atoms with Crippen LogP contribution < -0.4 is 10.1 Å². The van der Waals surface area contributed by atoms with Crippen LogP contribution in [0.4, 0.5) is 0 Å². The van der Waals surface area contributed by atoms with E-state index in [2.05, 4.69) is 24.1 Å². The number of nitrogens with zero attached hydrogens (tertiary/aromatic N) is 2. The molecular weight excluding hydrogens is 258 g/mol. The first-order chi connectivity index (χ1) is 8.86. The first-order valence-corrected chi connectivity index (χ1v) is 6.78. The molecule has 19 heavy (non-hydrogen) atoms. The van der Waals surface area contributed by atoms with E-state index in [1.165, 1.54) is 0 Å². The van der Waals surface area contributed by atoms with Crippen LogP contribution in [0.25, 0.3) is 0 Å². The number of aryl methyl sites for hydroxylation is 1. The molecule has 106 valence electrons. The molecule has 0 aliphatic heterocycles. The first kappa shape index (κ1) is 15.7. The highest BCUT2D eigenvalue weighted by Gasteiger charge is 2.13. The van der Waals surface area contributed by atoms with E-state index in [-0.39, 0.29) is 0 Å². The number of ether oxygens (including phenoxy) is 1. The number of aromatic nitrogens is 1. The van der Waals surface area contributed by atoms with Crippen molar-refractivity contribution in [2.24, 2.45) is 0 Å². The fourth-order valence-corrected chi connectivity index (χ4v) is 2.18. The Morgan fingerprint density at radius 2 is 2.11 bits per heavy atom. The molecule has 1 rings (SSSR count). The van der Waals surface area contributed by atoms with Crippen molar-refractivity contribution in [3.8, 4) is 5.75 Å². The van der Waals surface area contributed by atoms with Gasteiger partial charge < -0.3 is 15.0 Å². The summed E-state index contributed by atoms with van der Waals surface area (Å²) in [5.74, 6) is 0.904. The summed E-state index contributed by atoms with van der Waals surface area (Å²) in [5, 5.41) is 3.95. The smallest absolute Gasteiger partial charge is 0.169 e. The second-order valence-electron chi connectivity index (χ2n) is 5.01. The number of pyridine rings is 1. The Kier molecular flexibility index (Phi) is 5.54. The summed E-state index contributed by atoms with van der Waals surface area (Å²) in [6, 6.07) is 0.330. The maximum Gasteiger partial charge on any atom is 0.169 e. The fraction of sp³-hybridized carbons (Fsp3) is 0.571. The third-order valence-corrected chi connectivity index (χ3v) is 3.33. The first-order valence-electron chi connectivity index (χ1n) is 6.37. The van der Waals surface area contributed by atoms with Crippen LogP contribution in [-0.4, -0.2) is 35.2 Å². The normalized spacial score (nSPS) is 10.5. The maximum atomic E-state index is 5.42. The molecule has 0 saturated heterocycles. The minimum absolute atomic E-state index is 0.330. The molecule has 0 amide bonds. The van der Waals surface area contributed by atoms with E-state index in [1.807, 2.05) is 32.0 Å². The van der Waals surface area contributed by atoms with Crippen molar-refractivity contribution in [3.05, 3.63) is 23.0 Å². The lowest BCUT2D eigenvalue weighted by molar-refractivity contribution is 0.403. The molecule has 0 bridgehead atoms. The average Bonchev–Trinajstić information content (AvgIpc) is 2.32. The van der Waals surface area contributed by atoms with Crippen molar-refractivity contribution in [3.63, 3.8) is 0 Å². The van der Waals surface area contributed by atoms with Gasteiger partial charge in [-0.1, -0.05) is 0 Å². The zero-order valence-corrected chi connectivity index (χ0v) is 13.4. The monoisotopic (exact) mass is 281 g/mol. The topological polar surface area (TPSA) is 37.4 Å². The van der Waals surface area contributed by atoms with Crippen LogP contribution >= 0.6 is 12.2 Å². The van der Waals surface area contributed by atoms with Gasteiger partial charge in [0.15, 0.2) is 5.11 Å². The summed E-state index contributed by atoms with van der Waals surface area (Å²) in [6.07, 6.45) is 1.84. The van der Waals surface area contributed by atoms with Crippen LogP contribution in [0, 0.1) is 13.8 Å². The third-order valence-electron chi connectivity index (χ3n) is 2.90. The Morgan fingerprint density at radius 1 is 1.47 bits per heavy atom. The Balaban J connectivity index is 2.85. The lowest BCUT2D eigenvalue weighted by Gasteiger charge is -2.23. The van der Waals surface area contributed by atoms with E-state index < -0.39 is 0 Å². The molecule has 1 heterocycles. The summed E-state index contributed by atoms with van der Waals surface area (Å²) in [7, 11) is 3.65. The second kappa shape index (κ2) is 6.70. The van der Waals surface area contributed by atoms with Crippen LogP contribution in [0.3, 0.4) is 0 Å². The van der Waals surface area contributed by atoms with Crippen LogP contribution in [0.2, 0.25) is 0 Å². The van der Waals surface area contributed by atoms with Gasteiger partial charge >= 0.3 is 0 Å². The molecule has 0 fully saturated rings. The molecule has 0 radical (unpaired) electrons. The Bertz CT molecular complexity index is 460. The summed E-state index contributed by atoms with van der Waals surface area (Å²) in [5.41, 5.74) is 3.11. The van der Waals surface area contributed by atoms with Crippen LogP contribution in [0.15, 0.2) is 6.20 Å². The van der Waals surface area contributed by atoms with Crippen molar-refractivity contribution in [1.82, 2.24) is 15.2 Å². The van der Waals surface area contributed by atoms with E-state index >= 15 is 0 Å². The van der Waals surface area contributed by atoms with Gasteiger partial charge in [0.05, 0.1) is 19.3 Å². The second-order valence-corrected chi connectivity index (χ2v) is 5.39. The molecule has 0 unspecified atom stereocenters. The van der Waals surface area contributed by atoms with Crippen LogP contribution in [0.5, 0.6) is 5.75 Å². The standard InChI is InChI=1S/C14H23N3OS/c1-9(2)16-14(19)17(5)8-12-11(4)13(18-6)10(3)7-15-12/h7,9H,8H2,1-6H3,(H,16,19). The van der Waals surface area contributed by atoms with Gasteiger partial charge in [0, 0.05) is 30.4 Å². The SMILES string of the molecule is COc1c(C)cnc(CN(C)C(=S)NC(C)C)c1C. The summed E-state index contributed by atoms with van der Waals surface area (Å²) < 4.78 is 5.42. The molecule has 5 heteroatoms. The van der Waals surface area contributed by atoms with Crippen molar-refractivity contribution in [2.45, 2.75) is 40.3 Å². The van der Waals surface area contributed by atoms with Gasteiger partial charge in [0.1, 0.15) is 5.75 Å². The van der Waals surface area contributed by atoms with Gasteiger partial charge in [0.25, 0.3) is 0 Å². The molecule has 1 aromatic rings. The Labute approximate surface area is 121 Å². The molecule has 1 aromatic heterocycles. The number of methoxy groups -OCH3 is 1. The minimum atomic E-state index is 0.330. The number of hydrogen-bond donors (Lipinski definition) is 1. The quantitative estimate of drug-likeness (QED) is 0.858. The van der Waals surface area contributed by atoms with Crippen molar-refractivity contribution >= 4 is 17.3 Å². The number of rotatable bonds is 4. The highest BCUT2D eigenvalue weighted by atomic mass is 32.1. The molecule has 0 spiro atoms. The van der Waals surface area contributed by atoms with Gasteiger partial charge in [-0.3, -0.25) is 4.98 Å². The van der Waals surface area contributed by atoms with Gasteiger partial charge in [0.2, 0.25) is 0 Å². The summed E-state index contributed by atoms with van der Waals surface area (Å²) in [4.78, 5) is 6.46. The molecule has 0 saturated carbocycles. The molecule has 0 aliphatic rings. The molecule has 0 aromatic carbocycles. The van der Waals surface area contributed by atoms with E-state index in [9.17, 15) is 0 Å². The molecule has 0 aliphatic carbocycles. The predicted molar refractivity (Wildman–Crippen MR) is 82.6 cm³/mol. The van der Waals surface area contributed by atoms with Crippen LogP contribution in [0.1, 0.15) is 30.7 Å². The molecular formula is C14H23N3OS. The van der Waals surface area contributed by atoms with Gasteiger partial charge in [-0.15, -0.1) is 0 Å². The minimum Gasteiger partial charge on any atom is -0.496 e. The van der Waals surface area contributed by atoms with E-state index in [0.717, 1.165) is 27.7 Å². The summed E-state index contributed by atoms with van der Waals surface area (Å²) in [6.45, 7) is 8.83. The number of thiocarbonyl (C=S) groups is 1. The Hall–Kier alpha value is -1.36. The number of hydrogen-bond acceptors (Lipinski definition) is 3. The van der Waals surface area contributed by atoms with E-state index in [0.29, 0.717) is 12.6 Å². The van der Waals surface area contributed by atoms with Gasteiger partial charge in [-0.05, 0) is 39.9 Å². The number of nitrogens with one attached hydrogen (secondary N) is 1. The predicted octanol–water partition coefficient (Wildman–Crippen LogP) is 2.42. The largest absolute Gasteiger partial charge is 0.496 e.